The number of nitrogens with two attached hydrogens (primary N) is 1. The van der Waals surface area contributed by atoms with Crippen LogP contribution in [-0.2, 0) is 4.74 Å². The fourth-order valence-corrected chi connectivity index (χ4v) is 1.98. The molecule has 8 heteroatoms. The van der Waals surface area contributed by atoms with Crippen LogP contribution >= 0.6 is 35.4 Å². The van der Waals surface area contributed by atoms with Gasteiger partial charge in [-0.1, -0.05) is 35.4 Å². The molecular weight excluding hydrogens is 333 g/mol. The number of carbonyl (C=O) groups is 1. The lowest BCUT2D eigenvalue weighted by Crippen LogP contribution is -2.39. The lowest BCUT2D eigenvalue weighted by molar-refractivity contribution is 0.156. The second-order valence-electron chi connectivity index (χ2n) is 4.25. The zero-order valence-electron chi connectivity index (χ0n) is 11.6. The quantitative estimate of drug-likeness (QED) is 0.742. The Morgan fingerprint density at radius 1 is 1.43 bits per heavy atom. The third-order valence-corrected chi connectivity index (χ3v) is 3.42. The number of thiocarbonyl (C=S) groups is 1. The SMILES string of the molecule is COCCN(CCC(N)=S)C(=O)Nc1cc(Cl)ccc1Cl. The topological polar surface area (TPSA) is 67.6 Å². The number of carbonyl (C=O) groups excluding carboxylic acids is 1. The third kappa shape index (κ3) is 6.48. The van der Waals surface area contributed by atoms with Crippen LogP contribution in [0.2, 0.25) is 10.0 Å². The minimum atomic E-state index is -0.313. The number of nitrogens with zero attached hydrogens (tertiary/aromatic N) is 1. The van der Waals surface area contributed by atoms with Crippen molar-refractivity contribution in [2.24, 2.45) is 5.73 Å². The first kappa shape index (κ1) is 18.0. The Balaban J connectivity index is 2.74. The van der Waals surface area contributed by atoms with Gasteiger partial charge >= 0.3 is 6.03 Å². The maximum Gasteiger partial charge on any atom is 0.321 e. The summed E-state index contributed by atoms with van der Waals surface area (Å²) in [7, 11) is 1.57. The van der Waals surface area contributed by atoms with Crippen LogP contribution in [0.25, 0.3) is 0 Å². The molecule has 0 spiro atoms. The van der Waals surface area contributed by atoms with Crippen molar-refractivity contribution >= 4 is 52.1 Å². The lowest BCUT2D eigenvalue weighted by atomic mass is 10.3. The van der Waals surface area contributed by atoms with Gasteiger partial charge < -0.3 is 20.7 Å². The maximum atomic E-state index is 12.3. The van der Waals surface area contributed by atoms with Crippen molar-refractivity contribution in [3.05, 3.63) is 28.2 Å². The molecule has 1 rings (SSSR count). The molecule has 0 aliphatic carbocycles. The van der Waals surface area contributed by atoms with Crippen LogP contribution in [0.1, 0.15) is 6.42 Å². The number of amides is 2. The van der Waals surface area contributed by atoms with Crippen molar-refractivity contribution in [1.29, 1.82) is 0 Å². The Bertz CT molecular complexity index is 514. The van der Waals surface area contributed by atoms with Gasteiger partial charge in [-0.25, -0.2) is 4.79 Å². The van der Waals surface area contributed by atoms with Crippen LogP contribution in [0.4, 0.5) is 10.5 Å². The molecule has 0 aromatic heterocycles. The van der Waals surface area contributed by atoms with Crippen LogP contribution in [0.15, 0.2) is 18.2 Å². The number of anilines is 1. The van der Waals surface area contributed by atoms with E-state index in [9.17, 15) is 4.79 Å². The first-order valence-electron chi connectivity index (χ1n) is 6.22. The summed E-state index contributed by atoms with van der Waals surface area (Å²) in [5.74, 6) is 0. The monoisotopic (exact) mass is 349 g/mol. The molecule has 5 nitrogen and oxygen atoms in total. The Morgan fingerprint density at radius 3 is 2.76 bits per heavy atom. The van der Waals surface area contributed by atoms with Gasteiger partial charge in [0, 0.05) is 31.6 Å². The van der Waals surface area contributed by atoms with E-state index in [0.29, 0.717) is 46.8 Å². The summed E-state index contributed by atoms with van der Waals surface area (Å²) in [6.45, 7) is 1.24. The zero-order chi connectivity index (χ0) is 15.8. The van der Waals surface area contributed by atoms with Crippen molar-refractivity contribution in [3.63, 3.8) is 0 Å². The van der Waals surface area contributed by atoms with Crippen molar-refractivity contribution in [3.8, 4) is 0 Å². The number of rotatable bonds is 7. The van der Waals surface area contributed by atoms with Gasteiger partial charge in [0.25, 0.3) is 0 Å². The summed E-state index contributed by atoms with van der Waals surface area (Å²) in [6.07, 6.45) is 0.440. The van der Waals surface area contributed by atoms with E-state index in [4.69, 9.17) is 45.9 Å². The second-order valence-corrected chi connectivity index (χ2v) is 5.62. The Hall–Kier alpha value is -1.08. The number of methoxy groups -OCH3 is 1. The van der Waals surface area contributed by atoms with Gasteiger partial charge in [0.15, 0.2) is 0 Å². The van der Waals surface area contributed by atoms with E-state index in [1.807, 2.05) is 0 Å². The molecule has 1 aromatic carbocycles. The van der Waals surface area contributed by atoms with Crippen LogP contribution in [-0.4, -0.2) is 42.7 Å². The summed E-state index contributed by atoms with van der Waals surface area (Å²) >= 11 is 16.7. The number of urea groups is 1. The Labute approximate surface area is 139 Å². The largest absolute Gasteiger partial charge is 0.393 e. The van der Waals surface area contributed by atoms with Crippen molar-refractivity contribution in [2.75, 3.05) is 32.1 Å². The first-order valence-corrected chi connectivity index (χ1v) is 7.38. The van der Waals surface area contributed by atoms with E-state index >= 15 is 0 Å². The first-order chi connectivity index (χ1) is 9.93. The zero-order valence-corrected chi connectivity index (χ0v) is 13.9. The molecule has 0 unspecified atom stereocenters. The average molecular weight is 350 g/mol. The van der Waals surface area contributed by atoms with Crippen molar-refractivity contribution in [2.45, 2.75) is 6.42 Å². The molecule has 2 amide bonds. The van der Waals surface area contributed by atoms with E-state index < -0.39 is 0 Å². The van der Waals surface area contributed by atoms with Crippen LogP contribution in [0.3, 0.4) is 0 Å². The van der Waals surface area contributed by atoms with Gasteiger partial charge in [0.05, 0.1) is 22.3 Å². The summed E-state index contributed by atoms with van der Waals surface area (Å²) in [5, 5.41) is 3.61. The molecule has 0 atom stereocenters. The highest BCUT2D eigenvalue weighted by Crippen LogP contribution is 2.25. The molecule has 0 fully saturated rings. The van der Waals surface area contributed by atoms with E-state index in [1.54, 1.807) is 30.2 Å². The van der Waals surface area contributed by atoms with E-state index in [2.05, 4.69) is 5.32 Å². The molecule has 1 aromatic rings. The van der Waals surface area contributed by atoms with Crippen LogP contribution in [0.5, 0.6) is 0 Å². The molecular formula is C13H17Cl2N3O2S. The minimum Gasteiger partial charge on any atom is -0.393 e. The predicted octanol–water partition coefficient (Wildman–Crippen LogP) is 3.15. The summed E-state index contributed by atoms with van der Waals surface area (Å²) < 4.78 is 4.99. The second kappa shape index (κ2) is 9.04. The van der Waals surface area contributed by atoms with Crippen LogP contribution < -0.4 is 11.1 Å². The lowest BCUT2D eigenvalue weighted by Gasteiger charge is -2.23. The number of nitrogens with one attached hydrogen (secondary N) is 1. The standard InChI is InChI=1S/C13H17Cl2N3O2S/c1-20-7-6-18(5-4-12(16)21)13(19)17-11-8-9(14)2-3-10(11)15/h2-3,8H,4-7H2,1H3,(H2,16,21)(H,17,19). The van der Waals surface area contributed by atoms with Gasteiger partial charge in [0.2, 0.25) is 0 Å². The minimum absolute atomic E-state index is 0.313. The number of benzene rings is 1. The fraction of sp³-hybridized carbons (Fsp3) is 0.385. The number of hydrogen-bond acceptors (Lipinski definition) is 3. The van der Waals surface area contributed by atoms with Crippen molar-refractivity contribution in [1.82, 2.24) is 4.90 Å². The molecule has 0 heterocycles. The smallest absolute Gasteiger partial charge is 0.321 e. The molecule has 0 aliphatic heterocycles. The summed E-state index contributed by atoms with van der Waals surface area (Å²) in [4.78, 5) is 14.2. The molecule has 3 N–H and O–H groups in total. The fourth-order valence-electron chi connectivity index (χ4n) is 1.55. The Morgan fingerprint density at radius 2 is 2.14 bits per heavy atom. The summed E-state index contributed by atoms with van der Waals surface area (Å²) in [5.41, 5.74) is 5.92. The molecule has 0 radical (unpaired) electrons. The van der Waals surface area contributed by atoms with Gasteiger partial charge in [-0.15, -0.1) is 0 Å². The van der Waals surface area contributed by atoms with Gasteiger partial charge in [-0.2, -0.15) is 0 Å². The van der Waals surface area contributed by atoms with Gasteiger partial charge in [-0.05, 0) is 18.2 Å². The molecule has 0 aliphatic rings. The Kier molecular flexibility index (Phi) is 7.74. The number of ether oxygens (including phenoxy) is 1. The summed E-state index contributed by atoms with van der Waals surface area (Å²) in [6, 6.07) is 4.54. The molecule has 0 saturated heterocycles. The van der Waals surface area contributed by atoms with E-state index in [1.165, 1.54) is 0 Å². The van der Waals surface area contributed by atoms with Gasteiger partial charge in [-0.3, -0.25) is 0 Å². The number of halogens is 2. The number of hydrogen-bond donors (Lipinski definition) is 2. The molecule has 116 valence electrons. The maximum absolute atomic E-state index is 12.3. The average Bonchev–Trinajstić information content (AvgIpc) is 2.42. The van der Waals surface area contributed by atoms with Gasteiger partial charge in [0.1, 0.15) is 0 Å². The highest BCUT2D eigenvalue weighted by atomic mass is 35.5. The molecule has 0 saturated carbocycles. The highest BCUT2D eigenvalue weighted by molar-refractivity contribution is 7.80. The molecule has 21 heavy (non-hydrogen) atoms. The van der Waals surface area contributed by atoms with E-state index in [-0.39, 0.29) is 6.03 Å². The van der Waals surface area contributed by atoms with E-state index in [0.717, 1.165) is 0 Å². The third-order valence-electron chi connectivity index (χ3n) is 2.65. The normalized spacial score (nSPS) is 10.2. The highest BCUT2D eigenvalue weighted by Gasteiger charge is 2.15. The van der Waals surface area contributed by atoms with Crippen LogP contribution in [0, 0.1) is 0 Å². The van der Waals surface area contributed by atoms with Crippen molar-refractivity contribution < 1.29 is 9.53 Å². The predicted molar refractivity (Wildman–Crippen MR) is 90.3 cm³/mol. The molecule has 0 bridgehead atoms.